The average Bonchev–Trinajstić information content (AvgIpc) is 1.66. The van der Waals surface area contributed by atoms with Crippen LogP contribution in [0.1, 0.15) is 6.42 Å². The minimum atomic E-state index is 0.000000000000000222. The molecular formula is C5H12N2OS. The molecule has 4 heteroatoms. The van der Waals surface area contributed by atoms with Gasteiger partial charge in [0.05, 0.1) is 0 Å². The monoisotopic (exact) mass is 148 g/mol. The van der Waals surface area contributed by atoms with Crippen LogP contribution in [0, 0.1) is 0 Å². The zero-order chi connectivity index (χ0) is 7.70. The molecule has 0 atom stereocenters. The van der Waals surface area contributed by atoms with E-state index in [4.69, 9.17) is 5.11 Å². The lowest BCUT2D eigenvalue weighted by atomic mass is 10.5. The van der Waals surface area contributed by atoms with E-state index in [1.165, 1.54) is 0 Å². The van der Waals surface area contributed by atoms with Crippen molar-refractivity contribution in [2.24, 2.45) is 11.5 Å². The smallest absolute Gasteiger partial charge is 0.160 e. The summed E-state index contributed by atoms with van der Waals surface area (Å²) in [6.45, 7) is 3.62. The molecule has 5 N–H and O–H groups in total. The summed E-state index contributed by atoms with van der Waals surface area (Å²) in [4.78, 5) is 0. The van der Waals surface area contributed by atoms with Gasteiger partial charge in [0, 0.05) is 6.61 Å². The fraction of sp³-hybridized carbons (Fsp3) is 0.400. The molecule has 0 aliphatic carbocycles. The molecule has 0 saturated carbocycles. The largest absolute Gasteiger partial charge is 0.396 e. The van der Waals surface area contributed by atoms with E-state index in [0.717, 1.165) is 0 Å². The third-order valence-electron chi connectivity index (χ3n) is 0.333. The van der Waals surface area contributed by atoms with Crippen LogP contribution in [0.4, 0.5) is 0 Å². The summed E-state index contributed by atoms with van der Waals surface area (Å²) in [7, 11) is 0. The zero-order valence-corrected chi connectivity index (χ0v) is 6.03. The highest BCUT2D eigenvalue weighted by molar-refractivity contribution is 7.80. The van der Waals surface area contributed by atoms with Crippen LogP contribution in [0.5, 0.6) is 0 Å². The van der Waals surface area contributed by atoms with Crippen molar-refractivity contribution in [1.29, 1.82) is 0 Å². The van der Waals surface area contributed by atoms with Gasteiger partial charge >= 0.3 is 0 Å². The Morgan fingerprint density at radius 3 is 2.00 bits per heavy atom. The quantitative estimate of drug-likeness (QED) is 0.373. The molecule has 0 spiro atoms. The van der Waals surface area contributed by atoms with Gasteiger partial charge in [0.2, 0.25) is 0 Å². The van der Waals surface area contributed by atoms with E-state index in [1.54, 1.807) is 6.08 Å². The minimum Gasteiger partial charge on any atom is -0.396 e. The molecule has 0 heterocycles. The number of thiocarbonyl (C=S) groups is 1. The number of rotatable bonds is 2. The lowest BCUT2D eigenvalue weighted by Gasteiger charge is -1.73. The number of aliphatic hydroxyl groups is 1. The molecule has 0 aliphatic heterocycles. The van der Waals surface area contributed by atoms with Gasteiger partial charge in [-0.3, -0.25) is 0 Å². The molecule has 0 saturated heterocycles. The maximum atomic E-state index is 8.00. The Labute approximate surface area is 60.3 Å². The number of nitrogens with two attached hydrogens (primary N) is 2. The van der Waals surface area contributed by atoms with Crippen LogP contribution in [0.3, 0.4) is 0 Å². The number of aliphatic hydroxyl groups excluding tert-OH is 1. The molecule has 0 aromatic carbocycles. The van der Waals surface area contributed by atoms with E-state index < -0.39 is 0 Å². The predicted molar refractivity (Wildman–Crippen MR) is 42.9 cm³/mol. The van der Waals surface area contributed by atoms with Crippen molar-refractivity contribution in [3.8, 4) is 0 Å². The third kappa shape index (κ3) is 111. The van der Waals surface area contributed by atoms with Crippen molar-refractivity contribution in [1.82, 2.24) is 0 Å². The fourth-order valence-electron chi connectivity index (χ4n) is 0.0913. The second-order valence-electron chi connectivity index (χ2n) is 1.20. The molecule has 0 unspecified atom stereocenters. The first-order valence-corrected chi connectivity index (χ1v) is 2.82. The van der Waals surface area contributed by atoms with Gasteiger partial charge in [0.25, 0.3) is 0 Å². The maximum absolute atomic E-state index is 8.00. The lowest BCUT2D eigenvalue weighted by Crippen LogP contribution is -2.18. The number of hydrogen-bond donors (Lipinski definition) is 3. The lowest BCUT2D eigenvalue weighted by molar-refractivity contribution is 0.303. The summed E-state index contributed by atoms with van der Waals surface area (Å²) >= 11 is 4.09. The number of hydrogen-bond acceptors (Lipinski definition) is 2. The molecule has 0 fully saturated rings. The standard InChI is InChI=1S/C4H8O.CH4N2S/c1-2-3-4-5;2-1(3)4/h2,5H,1,3-4H2;(H4,2,3,4). The second kappa shape index (κ2) is 10.4. The van der Waals surface area contributed by atoms with Crippen LogP contribution in [-0.4, -0.2) is 16.8 Å². The van der Waals surface area contributed by atoms with Crippen LogP contribution >= 0.6 is 12.2 Å². The molecule has 0 radical (unpaired) electrons. The zero-order valence-electron chi connectivity index (χ0n) is 5.21. The summed E-state index contributed by atoms with van der Waals surface area (Å²) in [6, 6.07) is 0. The molecule has 54 valence electrons. The van der Waals surface area contributed by atoms with Crippen LogP contribution in [0.2, 0.25) is 0 Å². The highest BCUT2D eigenvalue weighted by Crippen LogP contribution is 1.69. The molecule has 0 aromatic rings. The van der Waals surface area contributed by atoms with Gasteiger partial charge in [-0.05, 0) is 18.6 Å². The summed E-state index contributed by atoms with van der Waals surface area (Å²) < 4.78 is 0. The molecule has 0 aliphatic rings. The van der Waals surface area contributed by atoms with Crippen molar-refractivity contribution in [3.63, 3.8) is 0 Å². The van der Waals surface area contributed by atoms with E-state index in [1.807, 2.05) is 0 Å². The van der Waals surface area contributed by atoms with E-state index >= 15 is 0 Å². The first kappa shape index (κ1) is 11.2. The Morgan fingerprint density at radius 1 is 1.67 bits per heavy atom. The molecule has 0 amide bonds. The van der Waals surface area contributed by atoms with Gasteiger partial charge in [0.1, 0.15) is 0 Å². The van der Waals surface area contributed by atoms with E-state index in [-0.39, 0.29) is 11.7 Å². The Morgan fingerprint density at radius 2 is 2.00 bits per heavy atom. The van der Waals surface area contributed by atoms with Crippen molar-refractivity contribution < 1.29 is 5.11 Å². The van der Waals surface area contributed by atoms with Crippen molar-refractivity contribution in [2.75, 3.05) is 6.61 Å². The van der Waals surface area contributed by atoms with E-state index in [2.05, 4.69) is 30.3 Å². The Bertz CT molecular complexity index is 81.0. The van der Waals surface area contributed by atoms with Crippen LogP contribution in [-0.2, 0) is 0 Å². The third-order valence-corrected chi connectivity index (χ3v) is 0.333. The molecule has 3 nitrogen and oxygen atoms in total. The molecule has 0 bridgehead atoms. The van der Waals surface area contributed by atoms with E-state index in [9.17, 15) is 0 Å². The van der Waals surface area contributed by atoms with Gasteiger partial charge in [0.15, 0.2) is 5.11 Å². The average molecular weight is 148 g/mol. The summed E-state index contributed by atoms with van der Waals surface area (Å²) in [5.74, 6) is 0. The van der Waals surface area contributed by atoms with Crippen LogP contribution in [0.15, 0.2) is 12.7 Å². The first-order valence-electron chi connectivity index (χ1n) is 2.41. The Hall–Kier alpha value is -0.610. The molecule has 9 heavy (non-hydrogen) atoms. The second-order valence-corrected chi connectivity index (χ2v) is 1.67. The predicted octanol–water partition coefficient (Wildman–Crippen LogP) is -0.257. The van der Waals surface area contributed by atoms with Crippen LogP contribution in [0.25, 0.3) is 0 Å². The highest BCUT2D eigenvalue weighted by atomic mass is 32.1. The Kier molecular flexibility index (Phi) is 13.0. The fourth-order valence-corrected chi connectivity index (χ4v) is 0.0913. The maximum Gasteiger partial charge on any atom is 0.160 e. The summed E-state index contributed by atoms with van der Waals surface area (Å²) in [5, 5.41) is 8.00. The van der Waals surface area contributed by atoms with Gasteiger partial charge in [-0.1, -0.05) is 6.08 Å². The van der Waals surface area contributed by atoms with Gasteiger partial charge < -0.3 is 16.6 Å². The molecular weight excluding hydrogens is 136 g/mol. The SMILES string of the molecule is C=CCCO.NC(N)=S. The van der Waals surface area contributed by atoms with Crippen molar-refractivity contribution in [3.05, 3.63) is 12.7 Å². The Balaban J connectivity index is 0. The molecule has 0 rings (SSSR count). The summed E-state index contributed by atoms with van der Waals surface area (Å²) in [6.07, 6.45) is 2.39. The molecule has 0 aromatic heterocycles. The van der Waals surface area contributed by atoms with E-state index in [0.29, 0.717) is 6.42 Å². The van der Waals surface area contributed by atoms with Gasteiger partial charge in [-0.2, -0.15) is 0 Å². The first-order chi connectivity index (χ1) is 4.15. The topological polar surface area (TPSA) is 72.3 Å². The normalized spacial score (nSPS) is 6.78. The van der Waals surface area contributed by atoms with Gasteiger partial charge in [-0.25, -0.2) is 0 Å². The minimum absolute atomic E-state index is 0.000000000000000222. The highest BCUT2D eigenvalue weighted by Gasteiger charge is 1.62. The summed E-state index contributed by atoms with van der Waals surface area (Å²) in [5.41, 5.74) is 9.24. The van der Waals surface area contributed by atoms with Crippen molar-refractivity contribution >= 4 is 17.3 Å². The van der Waals surface area contributed by atoms with Crippen molar-refractivity contribution in [2.45, 2.75) is 6.42 Å². The van der Waals surface area contributed by atoms with Crippen LogP contribution < -0.4 is 11.5 Å². The van der Waals surface area contributed by atoms with Gasteiger partial charge in [-0.15, -0.1) is 6.58 Å².